The van der Waals surface area contributed by atoms with Gasteiger partial charge in [0.05, 0.1) is 17.6 Å². The first-order chi connectivity index (χ1) is 9.29. The highest BCUT2D eigenvalue weighted by atomic mass is 15.5. The third-order valence-electron chi connectivity index (χ3n) is 2.92. The molecule has 1 aromatic carbocycles. The summed E-state index contributed by atoms with van der Waals surface area (Å²) < 4.78 is 0. The van der Waals surface area contributed by atoms with Crippen molar-refractivity contribution in [3.63, 3.8) is 0 Å². The van der Waals surface area contributed by atoms with Crippen LogP contribution in [0, 0.1) is 0 Å². The maximum Gasteiger partial charge on any atom is 0.0971 e. The van der Waals surface area contributed by atoms with E-state index in [2.05, 4.69) is 27.5 Å². The van der Waals surface area contributed by atoms with Gasteiger partial charge in [-0.15, -0.1) is 0 Å². The van der Waals surface area contributed by atoms with E-state index in [1.807, 2.05) is 43.6 Å². The number of nitrogens with one attached hydrogen (secondary N) is 1. The van der Waals surface area contributed by atoms with E-state index in [0.29, 0.717) is 0 Å². The van der Waals surface area contributed by atoms with Crippen LogP contribution in [0.4, 0.5) is 0 Å². The molecule has 5 heteroatoms. The van der Waals surface area contributed by atoms with Crippen LogP contribution in [-0.4, -0.2) is 47.1 Å². The second-order valence-electron chi connectivity index (χ2n) is 4.66. The van der Waals surface area contributed by atoms with Crippen LogP contribution >= 0.6 is 0 Å². The summed E-state index contributed by atoms with van der Waals surface area (Å²) in [6.45, 7) is 2.93. The second kappa shape index (κ2) is 7.01. The lowest BCUT2D eigenvalue weighted by molar-refractivity contribution is 0.316. The van der Waals surface area contributed by atoms with E-state index in [9.17, 15) is 0 Å². The average molecular weight is 259 g/mol. The van der Waals surface area contributed by atoms with E-state index < -0.39 is 0 Å². The van der Waals surface area contributed by atoms with E-state index in [0.717, 1.165) is 37.4 Å². The minimum Gasteiger partial charge on any atom is -0.320 e. The van der Waals surface area contributed by atoms with Crippen LogP contribution in [0.3, 0.4) is 0 Å². The molecule has 0 atom stereocenters. The second-order valence-corrected chi connectivity index (χ2v) is 4.66. The summed E-state index contributed by atoms with van der Waals surface area (Å²) in [7, 11) is 4.09. The lowest BCUT2D eigenvalue weighted by atomic mass is 10.3. The van der Waals surface area contributed by atoms with Gasteiger partial charge in [-0.3, -0.25) is 0 Å². The molecular weight excluding hydrogens is 238 g/mol. The summed E-state index contributed by atoms with van der Waals surface area (Å²) in [5.41, 5.74) is 1.99. The quantitative estimate of drug-likeness (QED) is 0.762. The Bertz CT molecular complexity index is 480. The van der Waals surface area contributed by atoms with E-state index >= 15 is 0 Å². The molecule has 0 radical (unpaired) electrons. The number of nitrogens with zero attached hydrogens (tertiary/aromatic N) is 4. The normalized spacial score (nSPS) is 11.1. The topological polar surface area (TPSA) is 46.0 Å². The minimum atomic E-state index is 0.830. The molecular formula is C14H21N5. The van der Waals surface area contributed by atoms with Gasteiger partial charge < -0.3 is 10.2 Å². The summed E-state index contributed by atoms with van der Waals surface area (Å²) in [5.74, 6) is 0. The van der Waals surface area contributed by atoms with Gasteiger partial charge in [0, 0.05) is 6.54 Å². The Morgan fingerprint density at radius 3 is 2.79 bits per heavy atom. The zero-order chi connectivity index (χ0) is 13.5. The van der Waals surface area contributed by atoms with Crippen molar-refractivity contribution in [3.05, 3.63) is 42.2 Å². The summed E-state index contributed by atoms with van der Waals surface area (Å²) in [5, 5.41) is 12.0. The Morgan fingerprint density at radius 2 is 2.05 bits per heavy atom. The van der Waals surface area contributed by atoms with Crippen molar-refractivity contribution in [3.8, 4) is 5.69 Å². The Labute approximate surface area is 114 Å². The number of benzene rings is 1. The van der Waals surface area contributed by atoms with Gasteiger partial charge in [0.25, 0.3) is 0 Å². The molecule has 0 spiro atoms. The van der Waals surface area contributed by atoms with Gasteiger partial charge in [-0.1, -0.05) is 18.2 Å². The molecule has 102 valence electrons. The predicted molar refractivity (Wildman–Crippen MR) is 76.2 cm³/mol. The molecule has 1 aromatic heterocycles. The standard InChI is InChI=1S/C14H21N5/c1-15-9-6-10-18(2)12-13-11-16-19(17-13)14-7-4-3-5-8-14/h3-5,7-8,11,15H,6,9-10,12H2,1-2H3. The van der Waals surface area contributed by atoms with E-state index in [-0.39, 0.29) is 0 Å². The first kappa shape index (κ1) is 13.7. The fraction of sp³-hybridized carbons (Fsp3) is 0.429. The third kappa shape index (κ3) is 4.15. The van der Waals surface area contributed by atoms with Gasteiger partial charge in [-0.25, -0.2) is 0 Å². The van der Waals surface area contributed by atoms with E-state index in [1.165, 1.54) is 0 Å². The van der Waals surface area contributed by atoms with Gasteiger partial charge in [-0.2, -0.15) is 15.0 Å². The van der Waals surface area contributed by atoms with Crippen molar-refractivity contribution in [1.29, 1.82) is 0 Å². The van der Waals surface area contributed by atoms with Crippen LogP contribution in [0.1, 0.15) is 12.1 Å². The molecule has 0 aliphatic heterocycles. The number of rotatable bonds is 7. The van der Waals surface area contributed by atoms with Crippen molar-refractivity contribution in [2.24, 2.45) is 0 Å². The van der Waals surface area contributed by atoms with Gasteiger partial charge in [0.2, 0.25) is 0 Å². The summed E-state index contributed by atoms with van der Waals surface area (Å²) in [4.78, 5) is 3.94. The van der Waals surface area contributed by atoms with Crippen molar-refractivity contribution < 1.29 is 0 Å². The maximum absolute atomic E-state index is 4.50. The zero-order valence-electron chi connectivity index (χ0n) is 11.6. The lowest BCUT2D eigenvalue weighted by Gasteiger charge is -2.14. The van der Waals surface area contributed by atoms with Gasteiger partial charge in [0.15, 0.2) is 0 Å². The molecule has 0 aliphatic rings. The molecule has 1 N–H and O–H groups in total. The molecule has 0 bridgehead atoms. The molecule has 0 aliphatic carbocycles. The first-order valence-corrected chi connectivity index (χ1v) is 6.59. The molecule has 2 aromatic rings. The van der Waals surface area contributed by atoms with Crippen LogP contribution in [0.2, 0.25) is 0 Å². The molecule has 0 amide bonds. The highest BCUT2D eigenvalue weighted by Gasteiger charge is 2.05. The Balaban J connectivity index is 1.91. The van der Waals surface area contributed by atoms with Crippen LogP contribution < -0.4 is 5.32 Å². The molecule has 0 saturated carbocycles. The van der Waals surface area contributed by atoms with Crippen LogP contribution in [-0.2, 0) is 6.54 Å². The van der Waals surface area contributed by atoms with Crippen molar-refractivity contribution >= 4 is 0 Å². The van der Waals surface area contributed by atoms with Crippen molar-refractivity contribution in [1.82, 2.24) is 25.2 Å². The van der Waals surface area contributed by atoms with Crippen LogP contribution in [0.5, 0.6) is 0 Å². The SMILES string of the molecule is CNCCCN(C)Cc1cnn(-c2ccccc2)n1. The van der Waals surface area contributed by atoms with Crippen LogP contribution in [0.15, 0.2) is 36.5 Å². The van der Waals surface area contributed by atoms with Gasteiger partial charge in [0.1, 0.15) is 0 Å². The Morgan fingerprint density at radius 1 is 1.26 bits per heavy atom. The minimum absolute atomic E-state index is 0.830. The number of para-hydroxylation sites is 1. The monoisotopic (exact) mass is 259 g/mol. The first-order valence-electron chi connectivity index (χ1n) is 6.59. The molecule has 1 heterocycles. The Kier molecular flexibility index (Phi) is 5.06. The maximum atomic E-state index is 4.50. The van der Waals surface area contributed by atoms with Crippen molar-refractivity contribution in [2.75, 3.05) is 27.2 Å². The molecule has 0 fully saturated rings. The lowest BCUT2D eigenvalue weighted by Crippen LogP contribution is -2.22. The van der Waals surface area contributed by atoms with Gasteiger partial charge in [-0.05, 0) is 45.7 Å². The molecule has 5 nitrogen and oxygen atoms in total. The summed E-state index contributed by atoms with van der Waals surface area (Å²) in [6, 6.07) is 9.97. The smallest absolute Gasteiger partial charge is 0.0971 e. The molecule has 0 saturated heterocycles. The number of hydrogen-bond acceptors (Lipinski definition) is 4. The summed E-state index contributed by atoms with van der Waals surface area (Å²) in [6.07, 6.45) is 2.97. The van der Waals surface area contributed by atoms with E-state index in [1.54, 1.807) is 4.80 Å². The fourth-order valence-electron chi connectivity index (χ4n) is 1.93. The Hall–Kier alpha value is -1.72. The third-order valence-corrected chi connectivity index (χ3v) is 2.92. The average Bonchev–Trinajstić information content (AvgIpc) is 2.88. The summed E-state index contributed by atoms with van der Waals surface area (Å²) >= 11 is 0. The fourth-order valence-corrected chi connectivity index (χ4v) is 1.93. The highest BCUT2D eigenvalue weighted by Crippen LogP contribution is 2.05. The van der Waals surface area contributed by atoms with Crippen molar-refractivity contribution in [2.45, 2.75) is 13.0 Å². The molecule has 0 unspecified atom stereocenters. The molecule has 19 heavy (non-hydrogen) atoms. The zero-order valence-corrected chi connectivity index (χ0v) is 11.6. The van der Waals surface area contributed by atoms with E-state index in [4.69, 9.17) is 0 Å². The van der Waals surface area contributed by atoms with Crippen LogP contribution in [0.25, 0.3) is 5.69 Å². The highest BCUT2D eigenvalue weighted by molar-refractivity contribution is 5.28. The number of aromatic nitrogens is 3. The largest absolute Gasteiger partial charge is 0.320 e. The molecule has 2 rings (SSSR count). The predicted octanol–water partition coefficient (Wildman–Crippen LogP) is 1.31. The number of hydrogen-bond donors (Lipinski definition) is 1. The van der Waals surface area contributed by atoms with Gasteiger partial charge >= 0.3 is 0 Å².